The fourth-order valence-electron chi connectivity index (χ4n) is 3.65. The molecule has 4 rings (SSSR count). The number of carbonyl (C=O) groups is 1. The van der Waals surface area contributed by atoms with Crippen molar-refractivity contribution in [2.24, 2.45) is 0 Å². The van der Waals surface area contributed by atoms with Crippen molar-refractivity contribution < 1.29 is 9.32 Å². The number of hydrogen-bond donors (Lipinski definition) is 1. The third kappa shape index (κ3) is 4.12. The minimum absolute atomic E-state index is 0.138. The van der Waals surface area contributed by atoms with Gasteiger partial charge in [0.25, 0.3) is 5.91 Å². The standard InChI is InChI=1S/C22H24N4O2/c1-16-20(21(25-28-16)19-9-5-6-12-23-19)22(27)24-18-10-13-26(14-11-18)15-17-7-3-2-4-8-17/h2-9,12,18H,10-11,13-15H2,1H3,(H,24,27). The van der Waals surface area contributed by atoms with Crippen LogP contribution in [0.25, 0.3) is 11.4 Å². The Bertz CT molecular complexity index is 916. The van der Waals surface area contributed by atoms with Crippen molar-refractivity contribution in [1.82, 2.24) is 20.4 Å². The Morgan fingerprint density at radius 2 is 1.89 bits per heavy atom. The van der Waals surface area contributed by atoms with E-state index in [0.29, 0.717) is 22.7 Å². The minimum atomic E-state index is -0.138. The topological polar surface area (TPSA) is 71.3 Å². The molecule has 6 nitrogen and oxygen atoms in total. The van der Waals surface area contributed by atoms with Crippen LogP contribution in [0.3, 0.4) is 0 Å². The second-order valence-corrected chi connectivity index (χ2v) is 7.19. The van der Waals surface area contributed by atoms with Gasteiger partial charge in [-0.2, -0.15) is 0 Å². The zero-order chi connectivity index (χ0) is 19.3. The molecule has 1 N–H and O–H groups in total. The van der Waals surface area contributed by atoms with Crippen molar-refractivity contribution >= 4 is 5.91 Å². The summed E-state index contributed by atoms with van der Waals surface area (Å²) in [4.78, 5) is 19.6. The molecular formula is C22H24N4O2. The summed E-state index contributed by atoms with van der Waals surface area (Å²) in [5.41, 5.74) is 2.94. The summed E-state index contributed by atoms with van der Waals surface area (Å²) >= 11 is 0. The molecule has 3 aromatic rings. The molecule has 2 aromatic heterocycles. The van der Waals surface area contributed by atoms with Gasteiger partial charge in [0.2, 0.25) is 0 Å². The monoisotopic (exact) mass is 376 g/mol. The molecule has 144 valence electrons. The van der Waals surface area contributed by atoms with Gasteiger partial charge in [-0.3, -0.25) is 14.7 Å². The third-order valence-corrected chi connectivity index (χ3v) is 5.17. The molecule has 0 aliphatic carbocycles. The molecular weight excluding hydrogens is 352 g/mol. The molecule has 0 bridgehead atoms. The first-order valence-corrected chi connectivity index (χ1v) is 9.65. The third-order valence-electron chi connectivity index (χ3n) is 5.17. The van der Waals surface area contributed by atoms with Gasteiger partial charge in [-0.25, -0.2) is 0 Å². The number of nitrogens with zero attached hydrogens (tertiary/aromatic N) is 3. The van der Waals surface area contributed by atoms with Gasteiger partial charge in [-0.05, 0) is 37.5 Å². The predicted octanol–water partition coefficient (Wildman–Crippen LogP) is 3.44. The number of pyridine rings is 1. The highest BCUT2D eigenvalue weighted by Crippen LogP contribution is 2.24. The number of piperidine rings is 1. The maximum Gasteiger partial charge on any atom is 0.257 e. The van der Waals surface area contributed by atoms with Gasteiger partial charge >= 0.3 is 0 Å². The Labute approximate surface area is 164 Å². The Morgan fingerprint density at radius 1 is 1.14 bits per heavy atom. The van der Waals surface area contributed by atoms with Crippen molar-refractivity contribution in [2.45, 2.75) is 32.4 Å². The first kappa shape index (κ1) is 18.4. The molecule has 0 radical (unpaired) electrons. The molecule has 6 heteroatoms. The van der Waals surface area contributed by atoms with Gasteiger partial charge in [-0.1, -0.05) is 41.6 Å². The van der Waals surface area contributed by atoms with E-state index in [1.54, 1.807) is 13.1 Å². The van der Waals surface area contributed by atoms with Gasteiger partial charge in [-0.15, -0.1) is 0 Å². The highest BCUT2D eigenvalue weighted by molar-refractivity contribution is 6.00. The molecule has 0 unspecified atom stereocenters. The number of rotatable bonds is 5. The summed E-state index contributed by atoms with van der Waals surface area (Å²) in [6.07, 6.45) is 3.55. The summed E-state index contributed by atoms with van der Waals surface area (Å²) < 4.78 is 5.28. The fraction of sp³-hybridized carbons (Fsp3) is 0.318. The van der Waals surface area contributed by atoms with Crippen molar-refractivity contribution in [3.05, 3.63) is 71.6 Å². The van der Waals surface area contributed by atoms with Crippen molar-refractivity contribution in [2.75, 3.05) is 13.1 Å². The van der Waals surface area contributed by atoms with Gasteiger partial charge < -0.3 is 9.84 Å². The zero-order valence-corrected chi connectivity index (χ0v) is 16.0. The molecule has 1 aromatic carbocycles. The van der Waals surface area contributed by atoms with Gasteiger partial charge in [0.1, 0.15) is 17.0 Å². The molecule has 1 fully saturated rings. The molecule has 1 saturated heterocycles. The van der Waals surface area contributed by atoms with E-state index in [0.717, 1.165) is 32.5 Å². The van der Waals surface area contributed by atoms with Crippen LogP contribution in [0.15, 0.2) is 59.3 Å². The number of aromatic nitrogens is 2. The van der Waals surface area contributed by atoms with Gasteiger partial charge in [0.15, 0.2) is 0 Å². The number of aryl methyl sites for hydroxylation is 1. The van der Waals surface area contributed by atoms with Crippen LogP contribution in [-0.4, -0.2) is 40.1 Å². The number of carbonyl (C=O) groups excluding carboxylic acids is 1. The van der Waals surface area contributed by atoms with E-state index in [1.807, 2.05) is 24.3 Å². The summed E-state index contributed by atoms with van der Waals surface area (Å²) in [5.74, 6) is 0.376. The van der Waals surface area contributed by atoms with Gasteiger partial charge in [0, 0.05) is 31.9 Å². The van der Waals surface area contributed by atoms with E-state index < -0.39 is 0 Å². The van der Waals surface area contributed by atoms with E-state index in [1.165, 1.54) is 5.56 Å². The summed E-state index contributed by atoms with van der Waals surface area (Å²) in [6.45, 7) is 4.65. The molecule has 1 aliphatic rings. The summed E-state index contributed by atoms with van der Waals surface area (Å²) in [7, 11) is 0. The lowest BCUT2D eigenvalue weighted by atomic mass is 10.0. The van der Waals surface area contributed by atoms with Crippen molar-refractivity contribution in [3.63, 3.8) is 0 Å². The lowest BCUT2D eigenvalue weighted by Crippen LogP contribution is -2.44. The molecule has 0 saturated carbocycles. The lowest BCUT2D eigenvalue weighted by molar-refractivity contribution is 0.0908. The average Bonchev–Trinajstić information content (AvgIpc) is 3.12. The maximum absolute atomic E-state index is 12.9. The molecule has 1 amide bonds. The van der Waals surface area contributed by atoms with Crippen LogP contribution in [-0.2, 0) is 6.54 Å². The Hall–Kier alpha value is -2.99. The predicted molar refractivity (Wildman–Crippen MR) is 107 cm³/mol. The maximum atomic E-state index is 12.9. The zero-order valence-electron chi connectivity index (χ0n) is 16.0. The smallest absolute Gasteiger partial charge is 0.257 e. The number of hydrogen-bond acceptors (Lipinski definition) is 5. The first-order chi connectivity index (χ1) is 13.7. The number of nitrogens with one attached hydrogen (secondary N) is 1. The second-order valence-electron chi connectivity index (χ2n) is 7.19. The summed E-state index contributed by atoms with van der Waals surface area (Å²) in [6, 6.07) is 16.2. The normalized spacial score (nSPS) is 15.5. The molecule has 3 heterocycles. The number of likely N-dealkylation sites (tertiary alicyclic amines) is 1. The van der Waals surface area contributed by atoms with E-state index in [4.69, 9.17) is 4.52 Å². The van der Waals surface area contributed by atoms with E-state index >= 15 is 0 Å². The summed E-state index contributed by atoms with van der Waals surface area (Å²) in [5, 5.41) is 7.22. The van der Waals surface area contributed by atoms with Crippen LogP contribution < -0.4 is 5.32 Å². The van der Waals surface area contributed by atoms with Crippen molar-refractivity contribution in [1.29, 1.82) is 0 Å². The average molecular weight is 376 g/mol. The highest BCUT2D eigenvalue weighted by atomic mass is 16.5. The van der Waals surface area contributed by atoms with Crippen LogP contribution in [0.4, 0.5) is 0 Å². The van der Waals surface area contributed by atoms with E-state index in [9.17, 15) is 4.79 Å². The lowest BCUT2D eigenvalue weighted by Gasteiger charge is -2.32. The highest BCUT2D eigenvalue weighted by Gasteiger charge is 2.26. The molecule has 0 atom stereocenters. The number of amides is 1. The van der Waals surface area contributed by atoms with Crippen LogP contribution in [0.1, 0.15) is 34.5 Å². The second kappa shape index (κ2) is 8.35. The van der Waals surface area contributed by atoms with E-state index in [-0.39, 0.29) is 11.9 Å². The largest absolute Gasteiger partial charge is 0.360 e. The molecule has 28 heavy (non-hydrogen) atoms. The first-order valence-electron chi connectivity index (χ1n) is 9.65. The van der Waals surface area contributed by atoms with Crippen LogP contribution in [0.5, 0.6) is 0 Å². The minimum Gasteiger partial charge on any atom is -0.360 e. The SMILES string of the molecule is Cc1onc(-c2ccccn2)c1C(=O)NC1CCN(Cc2ccccc2)CC1. The Kier molecular flexibility index (Phi) is 5.48. The van der Waals surface area contributed by atoms with Crippen molar-refractivity contribution in [3.8, 4) is 11.4 Å². The molecule has 1 aliphatic heterocycles. The quantitative estimate of drug-likeness (QED) is 0.739. The number of benzene rings is 1. The van der Waals surface area contributed by atoms with Crippen LogP contribution >= 0.6 is 0 Å². The van der Waals surface area contributed by atoms with Gasteiger partial charge in [0.05, 0.1) is 5.69 Å². The fourth-order valence-corrected chi connectivity index (χ4v) is 3.65. The Balaban J connectivity index is 1.37. The van der Waals surface area contributed by atoms with E-state index in [2.05, 4.69) is 44.6 Å². The Morgan fingerprint density at radius 3 is 2.61 bits per heavy atom. The molecule has 0 spiro atoms. The van der Waals surface area contributed by atoms with Crippen LogP contribution in [0, 0.1) is 6.92 Å². The van der Waals surface area contributed by atoms with Crippen LogP contribution in [0.2, 0.25) is 0 Å².